The minimum absolute atomic E-state index is 0.0188. The fraction of sp³-hybridized carbons (Fsp3) is 0.915. The molecule has 0 aromatic rings. The molecule has 65 heavy (non-hydrogen) atoms. The number of aliphatic carboxylic acids is 2. The van der Waals surface area contributed by atoms with Crippen molar-refractivity contribution in [2.24, 2.45) is 50.2 Å². The molecule has 0 amide bonds. The standard InChI is InChI=1S/C47H74O18/c1-42(2)14-16-47(41(58)59)17-15-45(6)21(22(47)18-42)8-9-26-44(5)12-11-27(43(3,4)25(44)10-13-46(26,45)7)62-40-35(64-39-32(54)30(52)29(51)24(19-48)61-39)33(55)34(36(65-40)37(56)57)63-38-31(53)28(50)23(49)20-60-38/h8,22-36,38-40,48-55H,9-20H2,1-7H3,(H,56,57)(H,58,59)/t22-,23-,24+,25-,26+,27-,28-,29+,30-,31+,32+,33-,34-,35+,36-,38-,39-,40+,44-,45+,46+,47-/m0/s1. The Labute approximate surface area is 380 Å². The molecule has 3 saturated heterocycles. The molecule has 4 saturated carbocycles. The van der Waals surface area contributed by atoms with E-state index in [9.17, 15) is 60.7 Å². The van der Waals surface area contributed by atoms with Crippen LogP contribution in [0.25, 0.3) is 0 Å². The molecular weight excluding hydrogens is 852 g/mol. The Balaban J connectivity index is 1.08. The van der Waals surface area contributed by atoms with Crippen LogP contribution in [0, 0.1) is 50.2 Å². The van der Waals surface area contributed by atoms with E-state index in [1.807, 2.05) is 0 Å². The first-order chi connectivity index (χ1) is 30.3. The molecule has 7 fully saturated rings. The number of hydrogen-bond acceptors (Lipinski definition) is 16. The number of ether oxygens (including phenoxy) is 6. The summed E-state index contributed by atoms with van der Waals surface area (Å²) in [5, 5.41) is 106. The van der Waals surface area contributed by atoms with Crippen molar-refractivity contribution in [3.8, 4) is 0 Å². The third-order valence-electron chi connectivity index (χ3n) is 18.9. The normalized spacial score (nSPS) is 52.8. The molecule has 8 rings (SSSR count). The van der Waals surface area contributed by atoms with Crippen molar-refractivity contribution in [2.45, 2.75) is 205 Å². The SMILES string of the molecule is CC1(C)CC[C@]2(C(=O)O)CC[C@]3(C)C(=CC[C@@H]4[C@@]5(C)CC[C@H](O[C@@H]6O[C@H](C(=O)O)[C@@H](O[C@@H]7OC[C@H](O)[C@H](O)[C@H]7O)[C@H](O)[C@H]6O[C@@H]6O[C@H](CO)[C@@H](O)[C@H](O)[C@H]6O)C(C)(C)[C@@H]5CC[C@]43C)[C@@H]2C1. The maximum absolute atomic E-state index is 13.1. The average Bonchev–Trinajstić information content (AvgIpc) is 3.23. The van der Waals surface area contributed by atoms with Crippen LogP contribution in [0.3, 0.4) is 0 Å². The number of aliphatic hydroxyl groups is 8. The Morgan fingerprint density at radius 3 is 2.02 bits per heavy atom. The lowest BCUT2D eigenvalue weighted by molar-refractivity contribution is -0.387. The molecule has 18 heteroatoms. The predicted molar refractivity (Wildman–Crippen MR) is 225 cm³/mol. The number of fused-ring (bicyclic) bond motifs is 7. The Bertz CT molecular complexity index is 1820. The smallest absolute Gasteiger partial charge is 0.335 e. The van der Waals surface area contributed by atoms with Crippen LogP contribution in [0.1, 0.15) is 113 Å². The Morgan fingerprint density at radius 1 is 0.692 bits per heavy atom. The summed E-state index contributed by atoms with van der Waals surface area (Å²) < 4.78 is 35.9. The highest BCUT2D eigenvalue weighted by Crippen LogP contribution is 2.76. The number of hydrogen-bond donors (Lipinski definition) is 10. The first-order valence-electron chi connectivity index (χ1n) is 23.7. The lowest BCUT2D eigenvalue weighted by atomic mass is 9.33. The quantitative estimate of drug-likeness (QED) is 0.116. The molecule has 10 N–H and O–H groups in total. The maximum Gasteiger partial charge on any atom is 0.335 e. The van der Waals surface area contributed by atoms with Gasteiger partial charge in [-0.2, -0.15) is 0 Å². The van der Waals surface area contributed by atoms with Gasteiger partial charge < -0.3 is 79.5 Å². The second-order valence-electron chi connectivity index (χ2n) is 23.1. The molecule has 0 unspecified atom stereocenters. The minimum atomic E-state index is -1.98. The maximum atomic E-state index is 13.1. The zero-order chi connectivity index (χ0) is 47.6. The van der Waals surface area contributed by atoms with E-state index in [1.54, 1.807) is 0 Å². The topological polar surface area (TPSA) is 292 Å². The number of carbonyl (C=O) groups is 2. The van der Waals surface area contributed by atoms with Crippen LogP contribution >= 0.6 is 0 Å². The second kappa shape index (κ2) is 17.2. The van der Waals surface area contributed by atoms with Gasteiger partial charge >= 0.3 is 11.9 Å². The van der Waals surface area contributed by atoms with Gasteiger partial charge in [-0.1, -0.05) is 60.1 Å². The van der Waals surface area contributed by atoms with Crippen LogP contribution in [0.5, 0.6) is 0 Å². The number of carboxylic acids is 2. The summed E-state index contributed by atoms with van der Waals surface area (Å²) in [6, 6.07) is 0. The van der Waals surface area contributed by atoms with Gasteiger partial charge in [0.2, 0.25) is 0 Å². The third kappa shape index (κ3) is 7.76. The minimum Gasteiger partial charge on any atom is -0.481 e. The zero-order valence-corrected chi connectivity index (χ0v) is 38.7. The highest BCUT2D eigenvalue weighted by molar-refractivity contribution is 5.76. The average molecular weight is 927 g/mol. The summed E-state index contributed by atoms with van der Waals surface area (Å²) in [6.45, 7) is 14.7. The lowest BCUT2D eigenvalue weighted by Crippen LogP contribution is -2.68. The molecule has 8 aliphatic rings. The summed E-state index contributed by atoms with van der Waals surface area (Å²) in [5.41, 5.74) is -0.444. The highest BCUT2D eigenvalue weighted by atomic mass is 16.8. The predicted octanol–water partition coefficient (Wildman–Crippen LogP) is 1.44. The van der Waals surface area contributed by atoms with E-state index < -0.39 is 128 Å². The molecule has 18 nitrogen and oxygen atoms in total. The van der Waals surface area contributed by atoms with Crippen LogP contribution in [-0.2, 0) is 38.0 Å². The molecule has 0 bridgehead atoms. The third-order valence-corrected chi connectivity index (χ3v) is 18.9. The molecule has 3 heterocycles. The van der Waals surface area contributed by atoms with Crippen LogP contribution < -0.4 is 0 Å². The Morgan fingerprint density at radius 2 is 1.35 bits per heavy atom. The molecule has 5 aliphatic carbocycles. The molecular formula is C47H74O18. The fourth-order valence-electron chi connectivity index (χ4n) is 14.8. The van der Waals surface area contributed by atoms with Gasteiger partial charge in [-0.3, -0.25) is 4.79 Å². The van der Waals surface area contributed by atoms with E-state index in [-0.39, 0.29) is 39.4 Å². The van der Waals surface area contributed by atoms with Crippen molar-refractivity contribution in [1.82, 2.24) is 0 Å². The Kier molecular flexibility index (Phi) is 13.1. The summed E-state index contributed by atoms with van der Waals surface area (Å²) in [6.07, 6.45) is -15.2. The van der Waals surface area contributed by atoms with Gasteiger partial charge in [0.25, 0.3) is 0 Å². The van der Waals surface area contributed by atoms with Crippen molar-refractivity contribution < 1.29 is 89.1 Å². The zero-order valence-electron chi connectivity index (χ0n) is 38.7. The number of allylic oxidation sites excluding steroid dienone is 2. The van der Waals surface area contributed by atoms with Gasteiger partial charge in [0, 0.05) is 0 Å². The van der Waals surface area contributed by atoms with E-state index in [1.165, 1.54) is 5.57 Å². The molecule has 3 aliphatic heterocycles. The van der Waals surface area contributed by atoms with Gasteiger partial charge in [-0.05, 0) is 109 Å². The van der Waals surface area contributed by atoms with Crippen LogP contribution in [-0.4, -0.2) is 168 Å². The van der Waals surface area contributed by atoms with Gasteiger partial charge in [-0.25, -0.2) is 4.79 Å². The van der Waals surface area contributed by atoms with E-state index in [4.69, 9.17) is 28.4 Å². The van der Waals surface area contributed by atoms with Crippen LogP contribution in [0.15, 0.2) is 11.6 Å². The Hall–Kier alpha value is -1.88. The number of aliphatic hydroxyl groups excluding tert-OH is 8. The molecule has 0 spiro atoms. The largest absolute Gasteiger partial charge is 0.481 e. The molecule has 370 valence electrons. The molecule has 22 atom stereocenters. The van der Waals surface area contributed by atoms with E-state index >= 15 is 0 Å². The van der Waals surface area contributed by atoms with Crippen molar-refractivity contribution in [1.29, 1.82) is 0 Å². The van der Waals surface area contributed by atoms with Crippen molar-refractivity contribution >= 4 is 11.9 Å². The van der Waals surface area contributed by atoms with Crippen LogP contribution in [0.2, 0.25) is 0 Å². The van der Waals surface area contributed by atoms with Gasteiger partial charge in [0.15, 0.2) is 25.0 Å². The second-order valence-corrected chi connectivity index (χ2v) is 23.1. The molecule has 0 radical (unpaired) electrons. The first-order valence-corrected chi connectivity index (χ1v) is 23.7. The van der Waals surface area contributed by atoms with E-state index in [0.29, 0.717) is 19.3 Å². The van der Waals surface area contributed by atoms with E-state index in [2.05, 4.69) is 54.5 Å². The first kappa shape index (κ1) is 49.5. The van der Waals surface area contributed by atoms with Crippen LogP contribution in [0.4, 0.5) is 0 Å². The fourth-order valence-corrected chi connectivity index (χ4v) is 14.8. The lowest BCUT2D eigenvalue weighted by Gasteiger charge is -2.71. The summed E-state index contributed by atoms with van der Waals surface area (Å²) in [4.78, 5) is 26.1. The van der Waals surface area contributed by atoms with Gasteiger partial charge in [0.1, 0.15) is 61.0 Å². The molecule has 0 aromatic heterocycles. The van der Waals surface area contributed by atoms with Crippen molar-refractivity contribution in [3.05, 3.63) is 11.6 Å². The number of carboxylic acid groups (broad SMARTS) is 2. The molecule has 0 aromatic carbocycles. The summed E-state index contributed by atoms with van der Waals surface area (Å²) in [7, 11) is 0. The monoisotopic (exact) mass is 926 g/mol. The van der Waals surface area contributed by atoms with E-state index in [0.717, 1.165) is 44.9 Å². The summed E-state index contributed by atoms with van der Waals surface area (Å²) >= 11 is 0. The van der Waals surface area contributed by atoms with Gasteiger partial charge in [-0.15, -0.1) is 0 Å². The number of rotatable bonds is 9. The highest BCUT2D eigenvalue weighted by Gasteiger charge is 2.70. The summed E-state index contributed by atoms with van der Waals surface area (Å²) in [5.74, 6) is -1.92. The van der Waals surface area contributed by atoms with Crippen molar-refractivity contribution in [3.63, 3.8) is 0 Å². The van der Waals surface area contributed by atoms with Crippen molar-refractivity contribution in [2.75, 3.05) is 13.2 Å². The van der Waals surface area contributed by atoms with Gasteiger partial charge in [0.05, 0.1) is 24.7 Å².